The summed E-state index contributed by atoms with van der Waals surface area (Å²) < 4.78 is 26.0. The van der Waals surface area contributed by atoms with Crippen LogP contribution in [-0.4, -0.2) is 11.1 Å². The van der Waals surface area contributed by atoms with Crippen LogP contribution >= 0.6 is 0 Å². The van der Waals surface area contributed by atoms with Gasteiger partial charge in [0.05, 0.1) is 6.10 Å². The fourth-order valence-corrected chi connectivity index (χ4v) is 1.35. The lowest BCUT2D eigenvalue weighted by Crippen LogP contribution is -2.26. The molecule has 0 unspecified atom stereocenters. The van der Waals surface area contributed by atoms with E-state index >= 15 is 0 Å². The van der Waals surface area contributed by atoms with Crippen molar-refractivity contribution in [3.63, 3.8) is 0 Å². The van der Waals surface area contributed by atoms with Crippen molar-refractivity contribution in [1.29, 1.82) is 0 Å². The molecule has 0 saturated carbocycles. The Hall–Kier alpha value is -1.00. The third kappa shape index (κ3) is 2.08. The summed E-state index contributed by atoms with van der Waals surface area (Å²) in [6.07, 6.45) is -1.10. The van der Waals surface area contributed by atoms with Crippen molar-refractivity contribution in [1.82, 2.24) is 0 Å². The van der Waals surface area contributed by atoms with Gasteiger partial charge in [-0.05, 0) is 25.5 Å². The standard InChI is InChI=1S/C10H13F2NO/c1-5-3-7(11)4-8(12)9(5)10(14)6(2)13/h3-4,6,10,14H,13H2,1-2H3/t6-,10-/m0/s1. The molecule has 0 bridgehead atoms. The predicted octanol–water partition coefficient (Wildman–Crippen LogP) is 1.65. The first kappa shape index (κ1) is 11.1. The van der Waals surface area contributed by atoms with Gasteiger partial charge in [0.15, 0.2) is 0 Å². The van der Waals surface area contributed by atoms with Crippen LogP contribution in [0.4, 0.5) is 8.78 Å². The number of hydrogen-bond acceptors (Lipinski definition) is 2. The topological polar surface area (TPSA) is 46.2 Å². The fourth-order valence-electron chi connectivity index (χ4n) is 1.35. The highest BCUT2D eigenvalue weighted by Crippen LogP contribution is 2.24. The molecule has 0 radical (unpaired) electrons. The Bertz CT molecular complexity index is 316. The van der Waals surface area contributed by atoms with Crippen LogP contribution in [0.2, 0.25) is 0 Å². The zero-order valence-electron chi connectivity index (χ0n) is 8.09. The number of aryl methyl sites for hydroxylation is 1. The lowest BCUT2D eigenvalue weighted by molar-refractivity contribution is 0.148. The van der Waals surface area contributed by atoms with Crippen molar-refractivity contribution in [2.24, 2.45) is 5.73 Å². The summed E-state index contributed by atoms with van der Waals surface area (Å²) in [7, 11) is 0. The molecule has 1 aromatic carbocycles. The number of aliphatic hydroxyl groups is 1. The van der Waals surface area contributed by atoms with Crippen molar-refractivity contribution in [3.05, 3.63) is 34.9 Å². The zero-order chi connectivity index (χ0) is 10.9. The Labute approximate surface area is 81.4 Å². The maximum absolute atomic E-state index is 13.3. The molecule has 1 rings (SSSR count). The number of hydrogen-bond donors (Lipinski definition) is 2. The molecule has 4 heteroatoms. The molecule has 78 valence electrons. The average molecular weight is 201 g/mol. The Morgan fingerprint density at radius 1 is 1.36 bits per heavy atom. The SMILES string of the molecule is Cc1cc(F)cc(F)c1[C@@H](O)[C@H](C)N. The highest BCUT2D eigenvalue weighted by atomic mass is 19.1. The molecule has 0 aliphatic rings. The van der Waals surface area contributed by atoms with E-state index in [1.54, 1.807) is 6.92 Å². The molecule has 2 atom stereocenters. The summed E-state index contributed by atoms with van der Waals surface area (Å²) in [6.45, 7) is 3.10. The first-order valence-electron chi connectivity index (χ1n) is 4.32. The Morgan fingerprint density at radius 2 is 1.93 bits per heavy atom. The van der Waals surface area contributed by atoms with Crippen LogP contribution in [0.1, 0.15) is 24.2 Å². The van der Waals surface area contributed by atoms with E-state index in [0.29, 0.717) is 5.56 Å². The van der Waals surface area contributed by atoms with Gasteiger partial charge in [-0.25, -0.2) is 8.78 Å². The van der Waals surface area contributed by atoms with Crippen LogP contribution in [0.5, 0.6) is 0 Å². The molecule has 0 saturated heterocycles. The Balaban J connectivity index is 3.20. The number of halogens is 2. The summed E-state index contributed by atoms with van der Waals surface area (Å²) in [5.41, 5.74) is 5.87. The largest absolute Gasteiger partial charge is 0.387 e. The number of aliphatic hydroxyl groups excluding tert-OH is 1. The average Bonchev–Trinajstić information content (AvgIpc) is 2.01. The quantitative estimate of drug-likeness (QED) is 0.764. The molecule has 0 fully saturated rings. The van der Waals surface area contributed by atoms with E-state index in [9.17, 15) is 13.9 Å². The minimum absolute atomic E-state index is 0.0707. The zero-order valence-corrected chi connectivity index (χ0v) is 8.09. The molecule has 0 aliphatic heterocycles. The van der Waals surface area contributed by atoms with E-state index in [-0.39, 0.29) is 5.56 Å². The Morgan fingerprint density at radius 3 is 2.36 bits per heavy atom. The lowest BCUT2D eigenvalue weighted by atomic mass is 9.98. The maximum Gasteiger partial charge on any atom is 0.132 e. The van der Waals surface area contributed by atoms with Crippen molar-refractivity contribution in [2.75, 3.05) is 0 Å². The van der Waals surface area contributed by atoms with Crippen LogP contribution < -0.4 is 5.73 Å². The highest BCUT2D eigenvalue weighted by Gasteiger charge is 2.19. The van der Waals surface area contributed by atoms with Gasteiger partial charge >= 0.3 is 0 Å². The van der Waals surface area contributed by atoms with Gasteiger partial charge in [0, 0.05) is 17.7 Å². The molecule has 14 heavy (non-hydrogen) atoms. The van der Waals surface area contributed by atoms with E-state index < -0.39 is 23.8 Å². The highest BCUT2D eigenvalue weighted by molar-refractivity contribution is 5.30. The van der Waals surface area contributed by atoms with Crippen LogP contribution in [0.25, 0.3) is 0 Å². The second kappa shape index (κ2) is 4.02. The van der Waals surface area contributed by atoms with Crippen molar-refractivity contribution in [2.45, 2.75) is 26.0 Å². The van der Waals surface area contributed by atoms with Gasteiger partial charge < -0.3 is 10.8 Å². The molecule has 3 N–H and O–H groups in total. The molecular formula is C10H13F2NO. The lowest BCUT2D eigenvalue weighted by Gasteiger charge is -2.17. The van der Waals surface area contributed by atoms with Crippen molar-refractivity contribution < 1.29 is 13.9 Å². The predicted molar refractivity (Wildman–Crippen MR) is 49.7 cm³/mol. The van der Waals surface area contributed by atoms with Gasteiger partial charge in [0.25, 0.3) is 0 Å². The van der Waals surface area contributed by atoms with Gasteiger partial charge in [0.1, 0.15) is 11.6 Å². The first-order chi connectivity index (χ1) is 6.43. The van der Waals surface area contributed by atoms with Crippen LogP contribution in [0, 0.1) is 18.6 Å². The van der Waals surface area contributed by atoms with E-state index in [0.717, 1.165) is 6.07 Å². The summed E-state index contributed by atoms with van der Waals surface area (Å²) >= 11 is 0. The maximum atomic E-state index is 13.3. The van der Waals surface area contributed by atoms with Gasteiger partial charge in [0.2, 0.25) is 0 Å². The van der Waals surface area contributed by atoms with Crippen LogP contribution in [0.15, 0.2) is 12.1 Å². The number of rotatable bonds is 2. The van der Waals surface area contributed by atoms with Crippen LogP contribution in [0.3, 0.4) is 0 Å². The molecule has 0 heterocycles. The van der Waals surface area contributed by atoms with Gasteiger partial charge in [-0.1, -0.05) is 0 Å². The van der Waals surface area contributed by atoms with E-state index in [4.69, 9.17) is 5.73 Å². The van der Waals surface area contributed by atoms with E-state index in [1.165, 1.54) is 13.0 Å². The van der Waals surface area contributed by atoms with Crippen LogP contribution in [-0.2, 0) is 0 Å². The molecule has 0 amide bonds. The first-order valence-corrected chi connectivity index (χ1v) is 4.32. The summed E-state index contributed by atoms with van der Waals surface area (Å²) in [5.74, 6) is -1.41. The number of nitrogens with two attached hydrogens (primary N) is 1. The normalized spacial score (nSPS) is 15.3. The van der Waals surface area contributed by atoms with E-state index in [2.05, 4.69) is 0 Å². The molecular weight excluding hydrogens is 188 g/mol. The molecule has 2 nitrogen and oxygen atoms in total. The smallest absolute Gasteiger partial charge is 0.132 e. The van der Waals surface area contributed by atoms with Gasteiger partial charge in [-0.15, -0.1) is 0 Å². The monoisotopic (exact) mass is 201 g/mol. The molecule has 1 aromatic rings. The fraction of sp³-hybridized carbons (Fsp3) is 0.400. The number of benzene rings is 1. The third-order valence-corrected chi connectivity index (χ3v) is 2.09. The molecule has 0 aromatic heterocycles. The Kier molecular flexibility index (Phi) is 3.18. The summed E-state index contributed by atoms with van der Waals surface area (Å²) in [6, 6.07) is 1.33. The minimum Gasteiger partial charge on any atom is -0.387 e. The molecule has 0 aliphatic carbocycles. The summed E-state index contributed by atoms with van der Waals surface area (Å²) in [5, 5.41) is 9.56. The van der Waals surface area contributed by atoms with Crippen molar-refractivity contribution in [3.8, 4) is 0 Å². The van der Waals surface area contributed by atoms with Gasteiger partial charge in [-0.2, -0.15) is 0 Å². The summed E-state index contributed by atoms with van der Waals surface area (Å²) in [4.78, 5) is 0. The van der Waals surface area contributed by atoms with Gasteiger partial charge in [-0.3, -0.25) is 0 Å². The second-order valence-electron chi connectivity index (χ2n) is 3.42. The minimum atomic E-state index is -1.10. The van der Waals surface area contributed by atoms with Crippen molar-refractivity contribution >= 4 is 0 Å². The third-order valence-electron chi connectivity index (χ3n) is 2.09. The molecule has 0 spiro atoms. The van der Waals surface area contributed by atoms with E-state index in [1.807, 2.05) is 0 Å². The second-order valence-corrected chi connectivity index (χ2v) is 3.42.